The third-order valence-corrected chi connectivity index (χ3v) is 4.47. The number of benzene rings is 1. The summed E-state index contributed by atoms with van der Waals surface area (Å²) in [4.78, 5) is 25.3. The van der Waals surface area contributed by atoms with Crippen LogP contribution in [0, 0.1) is 19.8 Å². The summed E-state index contributed by atoms with van der Waals surface area (Å²) in [7, 11) is 0. The van der Waals surface area contributed by atoms with E-state index in [2.05, 4.69) is 5.32 Å². The van der Waals surface area contributed by atoms with Gasteiger partial charge in [-0.1, -0.05) is 17.7 Å². The monoisotopic (exact) mass is 324 g/mol. The van der Waals surface area contributed by atoms with Crippen LogP contribution in [0.15, 0.2) is 12.1 Å². The Hall–Kier alpha value is -1.59. The molecule has 1 fully saturated rings. The first-order valence-electron chi connectivity index (χ1n) is 7.34. The maximum Gasteiger partial charge on any atom is 0.307 e. The molecule has 2 unspecified atom stereocenters. The molecular weight excluding hydrogens is 304 g/mol. The number of aliphatic carboxylic acids is 1. The van der Waals surface area contributed by atoms with E-state index in [1.807, 2.05) is 30.9 Å². The molecule has 1 aromatic rings. The lowest BCUT2D eigenvalue weighted by Crippen LogP contribution is -2.41. The number of rotatable bonds is 4. The molecule has 0 aromatic heterocycles. The minimum atomic E-state index is -0.799. The molecule has 1 aromatic carbocycles. The van der Waals surface area contributed by atoms with E-state index in [1.54, 1.807) is 6.92 Å². The number of anilines is 1. The highest BCUT2D eigenvalue weighted by molar-refractivity contribution is 6.34. The third-order valence-electron chi connectivity index (χ3n) is 4.18. The number of carbonyl (C=O) groups is 2. The number of carbonyl (C=O) groups excluding carboxylic acids is 1. The van der Waals surface area contributed by atoms with Gasteiger partial charge in [0.1, 0.15) is 0 Å². The Kier molecular flexibility index (Phi) is 5.08. The number of amides is 1. The van der Waals surface area contributed by atoms with Gasteiger partial charge in [-0.15, -0.1) is 0 Å². The molecule has 1 saturated heterocycles. The quantitative estimate of drug-likeness (QED) is 0.893. The summed E-state index contributed by atoms with van der Waals surface area (Å²) in [6.07, 6.45) is 0.581. The van der Waals surface area contributed by atoms with Crippen molar-refractivity contribution in [3.8, 4) is 0 Å². The maximum absolute atomic E-state index is 12.4. The van der Waals surface area contributed by atoms with Crippen LogP contribution in [0.2, 0.25) is 5.02 Å². The van der Waals surface area contributed by atoms with Crippen molar-refractivity contribution in [3.05, 3.63) is 28.3 Å². The zero-order chi connectivity index (χ0) is 16.4. The van der Waals surface area contributed by atoms with Gasteiger partial charge in [0.2, 0.25) is 5.91 Å². The van der Waals surface area contributed by atoms with Crippen LogP contribution in [0.5, 0.6) is 0 Å². The first-order valence-corrected chi connectivity index (χ1v) is 7.72. The molecule has 5 nitrogen and oxygen atoms in total. The number of halogens is 1. The molecular formula is C16H21ClN2O3. The summed E-state index contributed by atoms with van der Waals surface area (Å²) < 4.78 is 0. The average molecular weight is 325 g/mol. The molecule has 0 spiro atoms. The molecule has 1 aliphatic heterocycles. The topological polar surface area (TPSA) is 69.6 Å². The molecule has 1 amide bonds. The standard InChI is InChI=1S/C16H21ClN2O3/c1-9-6-10(2)14(13(17)7-9)18-15(20)11(3)19-5-4-12(8-19)16(21)22/h6-7,11-12H,4-5,8H2,1-3H3,(H,18,20)(H,21,22). The van der Waals surface area contributed by atoms with Crippen LogP contribution < -0.4 is 5.32 Å². The maximum atomic E-state index is 12.4. The van der Waals surface area contributed by atoms with Gasteiger partial charge in [0.25, 0.3) is 0 Å². The van der Waals surface area contributed by atoms with Gasteiger partial charge in [0.15, 0.2) is 0 Å². The van der Waals surface area contributed by atoms with E-state index < -0.39 is 5.97 Å². The van der Waals surface area contributed by atoms with Crippen molar-refractivity contribution in [1.82, 2.24) is 4.90 Å². The van der Waals surface area contributed by atoms with E-state index in [0.29, 0.717) is 30.2 Å². The Morgan fingerprint density at radius 2 is 2.09 bits per heavy atom. The highest BCUT2D eigenvalue weighted by atomic mass is 35.5. The van der Waals surface area contributed by atoms with Crippen LogP contribution in [0.4, 0.5) is 5.69 Å². The molecule has 2 N–H and O–H groups in total. The molecule has 0 aliphatic carbocycles. The highest BCUT2D eigenvalue weighted by Crippen LogP contribution is 2.28. The second-order valence-corrected chi connectivity index (χ2v) is 6.33. The highest BCUT2D eigenvalue weighted by Gasteiger charge is 2.33. The number of nitrogens with zero attached hydrogens (tertiary/aromatic N) is 1. The lowest BCUT2D eigenvalue weighted by Gasteiger charge is -2.24. The number of nitrogens with one attached hydrogen (secondary N) is 1. The van der Waals surface area contributed by atoms with E-state index in [1.165, 1.54) is 0 Å². The fourth-order valence-electron chi connectivity index (χ4n) is 2.81. The van der Waals surface area contributed by atoms with Crippen LogP contribution in [0.25, 0.3) is 0 Å². The van der Waals surface area contributed by atoms with Gasteiger partial charge in [-0.25, -0.2) is 0 Å². The zero-order valence-corrected chi connectivity index (χ0v) is 13.8. The van der Waals surface area contributed by atoms with Crippen LogP contribution in [-0.4, -0.2) is 41.0 Å². The van der Waals surface area contributed by atoms with E-state index >= 15 is 0 Å². The van der Waals surface area contributed by atoms with E-state index in [0.717, 1.165) is 11.1 Å². The van der Waals surface area contributed by atoms with Gasteiger partial charge in [-0.3, -0.25) is 14.5 Å². The van der Waals surface area contributed by atoms with E-state index in [-0.39, 0.29) is 17.9 Å². The smallest absolute Gasteiger partial charge is 0.307 e. The Morgan fingerprint density at radius 1 is 1.41 bits per heavy atom. The van der Waals surface area contributed by atoms with Gasteiger partial charge < -0.3 is 10.4 Å². The van der Waals surface area contributed by atoms with Gasteiger partial charge in [0, 0.05) is 6.54 Å². The van der Waals surface area contributed by atoms with E-state index in [4.69, 9.17) is 16.7 Å². The number of likely N-dealkylation sites (tertiary alicyclic amines) is 1. The average Bonchev–Trinajstić information content (AvgIpc) is 2.91. The van der Waals surface area contributed by atoms with Crippen LogP contribution in [0.3, 0.4) is 0 Å². The first kappa shape index (κ1) is 16.8. The predicted octanol–water partition coefficient (Wildman–Crippen LogP) is 2.69. The number of aryl methyl sites for hydroxylation is 2. The SMILES string of the molecule is Cc1cc(C)c(NC(=O)C(C)N2CCC(C(=O)O)C2)c(Cl)c1. The summed E-state index contributed by atoms with van der Waals surface area (Å²) in [5.74, 6) is -1.35. The zero-order valence-electron chi connectivity index (χ0n) is 13.0. The number of carboxylic acids is 1. The molecule has 0 radical (unpaired) electrons. The molecule has 1 aliphatic rings. The van der Waals surface area contributed by atoms with Crippen LogP contribution in [0.1, 0.15) is 24.5 Å². The summed E-state index contributed by atoms with van der Waals surface area (Å²) in [5.41, 5.74) is 2.57. The normalized spacial score (nSPS) is 19.9. The Bertz CT molecular complexity index is 580. The fourth-order valence-corrected chi connectivity index (χ4v) is 3.18. The number of hydrogen-bond acceptors (Lipinski definition) is 3. The minimum Gasteiger partial charge on any atom is -0.481 e. The third kappa shape index (κ3) is 3.59. The Morgan fingerprint density at radius 3 is 2.64 bits per heavy atom. The first-order chi connectivity index (χ1) is 10.3. The summed E-state index contributed by atoms with van der Waals surface area (Å²) in [6.45, 7) is 6.66. The predicted molar refractivity (Wildman–Crippen MR) is 86.3 cm³/mol. The fraction of sp³-hybridized carbons (Fsp3) is 0.500. The number of hydrogen-bond donors (Lipinski definition) is 2. The largest absolute Gasteiger partial charge is 0.481 e. The van der Waals surface area contributed by atoms with Crippen molar-refractivity contribution >= 4 is 29.2 Å². The minimum absolute atomic E-state index is 0.167. The second kappa shape index (κ2) is 6.67. The summed E-state index contributed by atoms with van der Waals surface area (Å²) in [6, 6.07) is 3.38. The molecule has 2 atom stereocenters. The van der Waals surface area contributed by atoms with Crippen molar-refractivity contribution in [2.45, 2.75) is 33.2 Å². The summed E-state index contributed by atoms with van der Waals surface area (Å²) in [5, 5.41) is 12.4. The van der Waals surface area contributed by atoms with Crippen molar-refractivity contribution in [2.75, 3.05) is 18.4 Å². The second-order valence-electron chi connectivity index (χ2n) is 5.92. The molecule has 0 bridgehead atoms. The molecule has 6 heteroatoms. The Balaban J connectivity index is 2.05. The molecule has 22 heavy (non-hydrogen) atoms. The molecule has 120 valence electrons. The van der Waals surface area contributed by atoms with Crippen molar-refractivity contribution in [1.29, 1.82) is 0 Å². The number of carboxylic acid groups (broad SMARTS) is 1. The van der Waals surface area contributed by atoms with Crippen LogP contribution >= 0.6 is 11.6 Å². The van der Waals surface area contributed by atoms with Crippen molar-refractivity contribution in [2.24, 2.45) is 5.92 Å². The lowest BCUT2D eigenvalue weighted by molar-refractivity contribution is -0.141. The van der Waals surface area contributed by atoms with Crippen LogP contribution in [-0.2, 0) is 9.59 Å². The van der Waals surface area contributed by atoms with Gasteiger partial charge in [0.05, 0.1) is 22.7 Å². The lowest BCUT2D eigenvalue weighted by atomic mass is 10.1. The molecule has 2 rings (SSSR count). The van der Waals surface area contributed by atoms with Gasteiger partial charge in [-0.2, -0.15) is 0 Å². The molecule has 0 saturated carbocycles. The van der Waals surface area contributed by atoms with Gasteiger partial charge in [-0.05, 0) is 50.9 Å². The van der Waals surface area contributed by atoms with Crippen molar-refractivity contribution in [3.63, 3.8) is 0 Å². The summed E-state index contributed by atoms with van der Waals surface area (Å²) >= 11 is 6.20. The van der Waals surface area contributed by atoms with E-state index in [9.17, 15) is 9.59 Å². The van der Waals surface area contributed by atoms with Gasteiger partial charge >= 0.3 is 5.97 Å². The molecule has 1 heterocycles. The van der Waals surface area contributed by atoms with Crippen molar-refractivity contribution < 1.29 is 14.7 Å². The Labute approximate surface area is 135 Å².